The Labute approximate surface area is 157 Å². The first-order valence-electron chi connectivity index (χ1n) is 8.40. The molecule has 0 bridgehead atoms. The summed E-state index contributed by atoms with van der Waals surface area (Å²) in [6.07, 6.45) is 5.37. The first-order chi connectivity index (χ1) is 12.8. The average molecular weight is 381 g/mol. The minimum absolute atomic E-state index is 0.00360. The summed E-state index contributed by atoms with van der Waals surface area (Å²) in [6, 6.07) is 11.2. The van der Waals surface area contributed by atoms with Gasteiger partial charge in [0.05, 0.1) is 5.69 Å². The van der Waals surface area contributed by atoms with Gasteiger partial charge in [-0.15, -0.1) is 0 Å². The van der Waals surface area contributed by atoms with E-state index in [1.54, 1.807) is 36.7 Å². The number of aryl methyl sites for hydroxylation is 3. The first-order valence-corrected chi connectivity index (χ1v) is 9.89. The number of imidazole rings is 2. The molecule has 7 nitrogen and oxygen atoms in total. The van der Waals surface area contributed by atoms with Gasteiger partial charge in [-0.25, -0.2) is 9.97 Å². The molecule has 4 aromatic rings. The van der Waals surface area contributed by atoms with Crippen LogP contribution in [0.4, 0.5) is 5.69 Å². The molecule has 0 aliphatic heterocycles. The fourth-order valence-electron chi connectivity index (χ4n) is 2.83. The van der Waals surface area contributed by atoms with Crippen LogP contribution < -0.4 is 4.72 Å². The summed E-state index contributed by atoms with van der Waals surface area (Å²) in [4.78, 5) is 8.72. The van der Waals surface area contributed by atoms with Crippen molar-refractivity contribution in [3.63, 3.8) is 0 Å². The molecule has 0 amide bonds. The Morgan fingerprint density at radius 2 is 1.85 bits per heavy atom. The number of nitrogens with zero attached hydrogens (tertiary/aromatic N) is 4. The first kappa shape index (κ1) is 17.3. The molecule has 0 spiro atoms. The van der Waals surface area contributed by atoms with Crippen molar-refractivity contribution in [2.45, 2.75) is 18.9 Å². The molecule has 1 N–H and O–H groups in total. The van der Waals surface area contributed by atoms with Crippen LogP contribution in [0, 0.1) is 13.8 Å². The molecular formula is C19H19N5O2S. The maximum Gasteiger partial charge on any atom is 0.280 e. The molecule has 0 aliphatic rings. The fraction of sp³-hybridized carbons (Fsp3) is 0.158. The SMILES string of the molecule is Cc1ccn2cc(-c3cccc(NS(=O)(=O)c4cn(C)c(C)n4)c3)nc2c1. The summed E-state index contributed by atoms with van der Waals surface area (Å²) in [6.45, 7) is 3.77. The highest BCUT2D eigenvalue weighted by Gasteiger charge is 2.19. The highest BCUT2D eigenvalue weighted by molar-refractivity contribution is 7.92. The van der Waals surface area contributed by atoms with Gasteiger partial charge < -0.3 is 8.97 Å². The number of pyridine rings is 1. The summed E-state index contributed by atoms with van der Waals surface area (Å²) in [7, 11) is -1.99. The Morgan fingerprint density at radius 1 is 1.04 bits per heavy atom. The predicted molar refractivity (Wildman–Crippen MR) is 104 cm³/mol. The summed E-state index contributed by atoms with van der Waals surface area (Å²) < 4.78 is 31.4. The van der Waals surface area contributed by atoms with Crippen molar-refractivity contribution in [1.82, 2.24) is 18.9 Å². The van der Waals surface area contributed by atoms with Gasteiger partial charge in [0.15, 0.2) is 5.03 Å². The topological polar surface area (TPSA) is 81.3 Å². The van der Waals surface area contributed by atoms with E-state index in [-0.39, 0.29) is 5.03 Å². The summed E-state index contributed by atoms with van der Waals surface area (Å²) >= 11 is 0. The predicted octanol–water partition coefficient (Wildman–Crippen LogP) is 3.15. The number of hydrogen-bond donors (Lipinski definition) is 1. The van der Waals surface area contributed by atoms with E-state index < -0.39 is 10.0 Å². The van der Waals surface area contributed by atoms with Gasteiger partial charge in [-0.2, -0.15) is 8.42 Å². The van der Waals surface area contributed by atoms with Crippen LogP contribution >= 0.6 is 0 Å². The zero-order chi connectivity index (χ0) is 19.2. The number of fused-ring (bicyclic) bond motifs is 1. The van der Waals surface area contributed by atoms with Crippen molar-refractivity contribution in [2.75, 3.05) is 4.72 Å². The highest BCUT2D eigenvalue weighted by Crippen LogP contribution is 2.24. The van der Waals surface area contributed by atoms with Crippen LogP contribution in [0.5, 0.6) is 0 Å². The van der Waals surface area contributed by atoms with E-state index in [4.69, 9.17) is 0 Å². The number of nitrogens with one attached hydrogen (secondary N) is 1. The molecule has 0 atom stereocenters. The van der Waals surface area contributed by atoms with Gasteiger partial charge in [-0.3, -0.25) is 4.72 Å². The Balaban J connectivity index is 1.67. The van der Waals surface area contributed by atoms with E-state index in [0.717, 1.165) is 22.5 Å². The smallest absolute Gasteiger partial charge is 0.280 e. The fourth-order valence-corrected chi connectivity index (χ4v) is 3.92. The third kappa shape index (κ3) is 3.31. The van der Waals surface area contributed by atoms with E-state index in [2.05, 4.69) is 14.7 Å². The van der Waals surface area contributed by atoms with Crippen molar-refractivity contribution >= 4 is 21.4 Å². The van der Waals surface area contributed by atoms with Crippen LogP contribution in [-0.2, 0) is 17.1 Å². The lowest BCUT2D eigenvalue weighted by atomic mass is 10.1. The minimum atomic E-state index is -3.75. The van der Waals surface area contributed by atoms with Crippen LogP contribution in [0.25, 0.3) is 16.9 Å². The van der Waals surface area contributed by atoms with E-state index in [1.807, 2.05) is 41.9 Å². The van der Waals surface area contributed by atoms with Crippen LogP contribution in [0.3, 0.4) is 0 Å². The standard InChI is InChI=1S/C19H19N5O2S/c1-13-7-8-24-11-17(21-18(24)9-13)15-5-4-6-16(10-15)22-27(25,26)19-12-23(3)14(2)20-19/h4-12,22H,1-3H3. The molecule has 138 valence electrons. The summed E-state index contributed by atoms with van der Waals surface area (Å²) in [5.74, 6) is 0.629. The van der Waals surface area contributed by atoms with Gasteiger partial charge in [0.25, 0.3) is 10.0 Å². The molecule has 0 saturated heterocycles. The third-order valence-corrected chi connectivity index (χ3v) is 5.64. The second-order valence-corrected chi connectivity index (χ2v) is 8.15. The van der Waals surface area contributed by atoms with Crippen LogP contribution in [-0.4, -0.2) is 27.4 Å². The molecule has 0 fully saturated rings. The quantitative estimate of drug-likeness (QED) is 0.589. The molecule has 0 radical (unpaired) electrons. The zero-order valence-corrected chi connectivity index (χ0v) is 16.0. The molecule has 0 saturated carbocycles. The van der Waals surface area contributed by atoms with Gasteiger partial charge in [0.1, 0.15) is 11.5 Å². The lowest BCUT2D eigenvalue weighted by Crippen LogP contribution is -2.13. The van der Waals surface area contributed by atoms with E-state index in [0.29, 0.717) is 11.5 Å². The highest BCUT2D eigenvalue weighted by atomic mass is 32.2. The van der Waals surface area contributed by atoms with Crippen molar-refractivity contribution in [3.8, 4) is 11.3 Å². The third-order valence-electron chi connectivity index (χ3n) is 4.39. The molecule has 27 heavy (non-hydrogen) atoms. The normalized spacial score (nSPS) is 11.8. The molecule has 4 rings (SSSR count). The largest absolute Gasteiger partial charge is 0.337 e. The second kappa shape index (κ2) is 6.24. The van der Waals surface area contributed by atoms with Crippen LogP contribution in [0.1, 0.15) is 11.4 Å². The monoisotopic (exact) mass is 381 g/mol. The Hall–Kier alpha value is -3.13. The Bertz CT molecular complexity index is 1230. The molecular weight excluding hydrogens is 362 g/mol. The van der Waals surface area contributed by atoms with E-state index in [1.165, 1.54) is 6.20 Å². The number of benzene rings is 1. The number of aromatic nitrogens is 4. The summed E-state index contributed by atoms with van der Waals surface area (Å²) in [5.41, 5.74) is 4.04. The maximum absolute atomic E-state index is 12.6. The van der Waals surface area contributed by atoms with Crippen LogP contribution in [0.2, 0.25) is 0 Å². The van der Waals surface area contributed by atoms with Gasteiger partial charge in [0.2, 0.25) is 0 Å². The lowest BCUT2D eigenvalue weighted by Gasteiger charge is -2.07. The van der Waals surface area contributed by atoms with E-state index >= 15 is 0 Å². The van der Waals surface area contributed by atoms with Gasteiger partial charge >= 0.3 is 0 Å². The van der Waals surface area contributed by atoms with Crippen molar-refractivity contribution in [3.05, 3.63) is 66.4 Å². The average Bonchev–Trinajstić information content (AvgIpc) is 3.18. The number of anilines is 1. The molecule has 8 heteroatoms. The minimum Gasteiger partial charge on any atom is -0.337 e. The Kier molecular flexibility index (Phi) is 4.00. The molecule has 3 heterocycles. The molecule has 0 unspecified atom stereocenters. The summed E-state index contributed by atoms with van der Waals surface area (Å²) in [5, 5.41) is -0.00360. The van der Waals surface area contributed by atoms with Crippen molar-refractivity contribution in [1.29, 1.82) is 0 Å². The van der Waals surface area contributed by atoms with Crippen molar-refractivity contribution in [2.24, 2.45) is 7.05 Å². The van der Waals surface area contributed by atoms with Crippen LogP contribution in [0.15, 0.2) is 60.0 Å². The number of rotatable bonds is 4. The van der Waals surface area contributed by atoms with Gasteiger partial charge in [-0.05, 0) is 43.7 Å². The molecule has 1 aromatic carbocycles. The maximum atomic E-state index is 12.6. The van der Waals surface area contributed by atoms with Gasteiger partial charge in [-0.1, -0.05) is 12.1 Å². The van der Waals surface area contributed by atoms with Crippen molar-refractivity contribution < 1.29 is 8.42 Å². The Morgan fingerprint density at radius 3 is 2.59 bits per heavy atom. The molecule has 0 aliphatic carbocycles. The zero-order valence-electron chi connectivity index (χ0n) is 15.2. The van der Waals surface area contributed by atoms with Gasteiger partial charge in [0, 0.05) is 36.9 Å². The van der Waals surface area contributed by atoms with E-state index in [9.17, 15) is 8.42 Å². The second-order valence-electron chi connectivity index (χ2n) is 6.52. The number of hydrogen-bond acceptors (Lipinski definition) is 4. The number of sulfonamides is 1. The molecule has 3 aromatic heterocycles. The lowest BCUT2D eigenvalue weighted by molar-refractivity contribution is 0.598.